The molecule has 3 aromatic carbocycles. The summed E-state index contributed by atoms with van der Waals surface area (Å²) in [4.78, 5) is 4.78. The maximum atomic E-state index is 12.6. The van der Waals surface area contributed by atoms with Gasteiger partial charge in [0.25, 0.3) is 0 Å². The lowest BCUT2D eigenvalue weighted by molar-refractivity contribution is 0.224. The second-order valence-corrected chi connectivity index (χ2v) is 11.2. The summed E-state index contributed by atoms with van der Waals surface area (Å²) in [5.74, 6) is 1.46. The van der Waals surface area contributed by atoms with Crippen molar-refractivity contribution in [1.29, 1.82) is 5.26 Å². The Morgan fingerprint density at radius 1 is 1.05 bits per heavy atom. The van der Waals surface area contributed by atoms with Crippen LogP contribution >= 0.6 is 23.4 Å². The third-order valence-electron chi connectivity index (χ3n) is 5.60. The first-order valence-corrected chi connectivity index (χ1v) is 14.4. The maximum Gasteiger partial charge on any atom is 0.118 e. The molecule has 0 radical (unpaired) electrons. The van der Waals surface area contributed by atoms with E-state index in [1.165, 1.54) is 11.8 Å². The number of aliphatic hydroxyl groups excluding tert-OH is 1. The summed E-state index contributed by atoms with van der Waals surface area (Å²) in [6, 6.07) is 28.7. The quantitative estimate of drug-likeness (QED) is 0.232. The minimum atomic E-state index is -1.25. The predicted molar refractivity (Wildman–Crippen MR) is 151 cm³/mol. The van der Waals surface area contributed by atoms with Crippen LogP contribution in [0.1, 0.15) is 11.1 Å². The number of nitriles is 1. The Labute approximate surface area is 228 Å². The van der Waals surface area contributed by atoms with Crippen molar-refractivity contribution in [3.63, 3.8) is 0 Å². The molecule has 0 fully saturated rings. The van der Waals surface area contributed by atoms with Crippen molar-refractivity contribution < 1.29 is 14.1 Å². The van der Waals surface area contributed by atoms with Gasteiger partial charge in [-0.1, -0.05) is 54.1 Å². The molecule has 2 atom stereocenters. The van der Waals surface area contributed by atoms with Crippen molar-refractivity contribution in [2.75, 3.05) is 18.6 Å². The van der Waals surface area contributed by atoms with Gasteiger partial charge in [-0.2, -0.15) is 5.26 Å². The van der Waals surface area contributed by atoms with E-state index in [-0.39, 0.29) is 11.5 Å². The molecule has 0 aliphatic carbocycles. The third kappa shape index (κ3) is 7.21. The molecule has 0 saturated heterocycles. The highest BCUT2D eigenvalue weighted by atomic mass is 35.5. The van der Waals surface area contributed by atoms with Gasteiger partial charge in [0, 0.05) is 38.5 Å². The number of halogens is 1. The number of benzene rings is 3. The number of hydrogen-bond donors (Lipinski definition) is 1. The van der Waals surface area contributed by atoms with Gasteiger partial charge in [-0.15, -0.1) is 11.8 Å². The fraction of sp³-hybridized carbons (Fsp3) is 0.172. The van der Waals surface area contributed by atoms with Gasteiger partial charge >= 0.3 is 0 Å². The molecule has 1 aromatic heterocycles. The molecule has 1 heterocycles. The Balaban J connectivity index is 1.56. The van der Waals surface area contributed by atoms with E-state index in [9.17, 15) is 14.6 Å². The van der Waals surface area contributed by atoms with Crippen LogP contribution in [0.5, 0.6) is 5.75 Å². The van der Waals surface area contributed by atoms with Gasteiger partial charge in [-0.25, -0.2) is 4.98 Å². The molecule has 1 N–H and O–H groups in total. The Kier molecular flexibility index (Phi) is 9.37. The number of rotatable bonds is 10. The molecule has 0 aliphatic rings. The summed E-state index contributed by atoms with van der Waals surface area (Å²) >= 11 is 7.21. The highest BCUT2D eigenvalue weighted by Gasteiger charge is 2.18. The zero-order chi connectivity index (χ0) is 26.2. The molecule has 0 saturated carbocycles. The normalized spacial score (nSPS) is 12.5. The average Bonchev–Trinajstić information content (AvgIpc) is 2.93. The van der Waals surface area contributed by atoms with Crippen molar-refractivity contribution in [1.82, 2.24) is 4.98 Å². The second kappa shape index (κ2) is 12.9. The monoisotopic (exact) mass is 548 g/mol. The smallest absolute Gasteiger partial charge is 0.118 e. The molecule has 2 unspecified atom stereocenters. The lowest BCUT2D eigenvalue weighted by atomic mass is 9.99. The highest BCUT2D eigenvalue weighted by Crippen LogP contribution is 2.34. The molecule has 8 heteroatoms. The fourth-order valence-electron chi connectivity index (χ4n) is 3.75. The van der Waals surface area contributed by atoms with Crippen molar-refractivity contribution in [3.05, 3.63) is 101 Å². The zero-order valence-electron chi connectivity index (χ0n) is 20.1. The molecule has 0 amide bonds. The Morgan fingerprint density at radius 3 is 2.41 bits per heavy atom. The molecule has 37 heavy (non-hydrogen) atoms. The average molecular weight is 549 g/mol. The molecule has 5 nitrogen and oxygen atoms in total. The third-order valence-corrected chi connectivity index (χ3v) is 8.38. The predicted octanol–water partition coefficient (Wildman–Crippen LogP) is 6.35. The minimum absolute atomic E-state index is 0.126. The van der Waals surface area contributed by atoms with Gasteiger partial charge in [0.1, 0.15) is 16.8 Å². The number of methoxy groups -OCH3 is 1. The van der Waals surface area contributed by atoms with Crippen LogP contribution < -0.4 is 4.74 Å². The highest BCUT2D eigenvalue weighted by molar-refractivity contribution is 7.99. The van der Waals surface area contributed by atoms with E-state index in [1.807, 2.05) is 72.8 Å². The first-order chi connectivity index (χ1) is 18.0. The zero-order valence-corrected chi connectivity index (χ0v) is 22.5. The summed E-state index contributed by atoms with van der Waals surface area (Å²) in [5, 5.41) is 21.8. The van der Waals surface area contributed by atoms with Crippen LogP contribution in [0.3, 0.4) is 0 Å². The van der Waals surface area contributed by atoms with Crippen molar-refractivity contribution in [3.8, 4) is 34.2 Å². The molecular formula is C29H25ClN2O3S2. The molecule has 0 spiro atoms. The van der Waals surface area contributed by atoms with Gasteiger partial charge in [-0.3, -0.25) is 4.21 Å². The summed E-state index contributed by atoms with van der Waals surface area (Å²) in [6.45, 7) is 0. The molecule has 4 rings (SSSR count). The largest absolute Gasteiger partial charge is 0.497 e. The van der Waals surface area contributed by atoms with Gasteiger partial charge in [0.15, 0.2) is 0 Å². The van der Waals surface area contributed by atoms with Gasteiger partial charge < -0.3 is 9.84 Å². The van der Waals surface area contributed by atoms with Crippen molar-refractivity contribution in [2.45, 2.75) is 16.9 Å². The Hall–Kier alpha value is -3.15. The summed E-state index contributed by atoms with van der Waals surface area (Å²) in [6.07, 6.45) is -0.823. The van der Waals surface area contributed by atoms with E-state index in [0.29, 0.717) is 27.1 Å². The van der Waals surface area contributed by atoms with Crippen LogP contribution in [-0.4, -0.2) is 39.0 Å². The van der Waals surface area contributed by atoms with E-state index in [2.05, 4.69) is 6.07 Å². The molecule has 188 valence electrons. The number of thioether (sulfide) groups is 1. The summed E-state index contributed by atoms with van der Waals surface area (Å²) < 4.78 is 17.9. The summed E-state index contributed by atoms with van der Waals surface area (Å²) in [5.41, 5.74) is 4.62. The van der Waals surface area contributed by atoms with Gasteiger partial charge in [0.2, 0.25) is 0 Å². The first kappa shape index (κ1) is 26.9. The van der Waals surface area contributed by atoms with Crippen molar-refractivity contribution in [2.24, 2.45) is 0 Å². The number of aliphatic hydroxyl groups is 1. The standard InChI is InChI=1S/C29H25ClN2O3S2/c1-35-25-13-9-22(10-14-25)28-15-26(21-5-3-2-4-6-21)27(16-31)29(32-28)36-17-24(33)19-37(34)18-20-7-11-23(30)12-8-20/h2-15,24,33H,17-19H2,1H3. The molecule has 0 bridgehead atoms. The molecule has 4 aromatic rings. The van der Waals surface area contributed by atoms with Crippen molar-refractivity contribution >= 4 is 34.2 Å². The van der Waals surface area contributed by atoms with Gasteiger partial charge in [0.05, 0.1) is 30.2 Å². The first-order valence-electron chi connectivity index (χ1n) is 11.5. The van der Waals surface area contributed by atoms with Crippen LogP contribution in [-0.2, 0) is 16.6 Å². The SMILES string of the molecule is COc1ccc(-c2cc(-c3ccccc3)c(C#N)c(SCC(O)CS(=O)Cc3ccc(Cl)cc3)n2)cc1. The van der Waals surface area contributed by atoms with Crippen LogP contribution in [0.2, 0.25) is 5.02 Å². The van der Waals surface area contributed by atoms with E-state index < -0.39 is 16.9 Å². The fourth-order valence-corrected chi connectivity index (χ4v) is 6.19. The van der Waals surface area contributed by atoms with Gasteiger partial charge in [-0.05, 0) is 53.6 Å². The lowest BCUT2D eigenvalue weighted by Gasteiger charge is -2.14. The Morgan fingerprint density at radius 2 is 1.76 bits per heavy atom. The number of pyridine rings is 1. The van der Waals surface area contributed by atoms with E-state index in [1.54, 1.807) is 19.2 Å². The molecular weight excluding hydrogens is 524 g/mol. The maximum absolute atomic E-state index is 12.6. The lowest BCUT2D eigenvalue weighted by Crippen LogP contribution is -2.20. The van der Waals surface area contributed by atoms with E-state index >= 15 is 0 Å². The minimum Gasteiger partial charge on any atom is -0.497 e. The number of nitrogens with zero attached hydrogens (tertiary/aromatic N) is 2. The van der Waals surface area contributed by atoms with Crippen LogP contribution in [0.25, 0.3) is 22.4 Å². The van der Waals surface area contributed by atoms with E-state index in [4.69, 9.17) is 21.3 Å². The second-order valence-electron chi connectivity index (χ2n) is 8.28. The van der Waals surface area contributed by atoms with Crippen LogP contribution in [0, 0.1) is 11.3 Å². The number of hydrogen-bond acceptors (Lipinski definition) is 6. The van der Waals surface area contributed by atoms with Crippen LogP contribution in [0.4, 0.5) is 0 Å². The number of aromatic nitrogens is 1. The number of ether oxygens (including phenoxy) is 1. The van der Waals surface area contributed by atoms with Crippen LogP contribution in [0.15, 0.2) is 90.0 Å². The topological polar surface area (TPSA) is 83.2 Å². The Bertz CT molecular complexity index is 1410. The van der Waals surface area contributed by atoms with E-state index in [0.717, 1.165) is 28.0 Å². The summed E-state index contributed by atoms with van der Waals surface area (Å²) in [7, 11) is 0.368. The molecule has 0 aliphatic heterocycles.